The van der Waals surface area contributed by atoms with Gasteiger partial charge in [0, 0.05) is 0 Å². The number of fused-ring (bicyclic) bond motifs is 1. The predicted molar refractivity (Wildman–Crippen MR) is 76.8 cm³/mol. The van der Waals surface area contributed by atoms with Gasteiger partial charge in [-0.2, -0.15) is 0 Å². The quantitative estimate of drug-likeness (QED) is 0.786. The number of aliphatic hydroxyl groups excluding tert-OH is 1. The first-order chi connectivity index (χ1) is 9.65. The molecule has 3 nitrogen and oxygen atoms in total. The number of rotatable bonds is 3. The van der Waals surface area contributed by atoms with E-state index in [1.807, 2.05) is 24.3 Å². The monoisotopic (exact) mass is 335 g/mol. The molecule has 0 amide bonds. The van der Waals surface area contributed by atoms with Crippen LogP contribution in [0.25, 0.3) is 11.1 Å². The largest absolute Gasteiger partial charge is 0.441 e. The van der Waals surface area contributed by atoms with Crippen LogP contribution in [-0.4, -0.2) is 10.1 Å². The lowest BCUT2D eigenvalue weighted by Crippen LogP contribution is -2.03. The Hall–Kier alpha value is -1.72. The molecule has 0 spiro atoms. The first kappa shape index (κ1) is 13.3. The van der Waals surface area contributed by atoms with Crippen molar-refractivity contribution < 1.29 is 13.9 Å². The Bertz CT molecular complexity index is 723. The Morgan fingerprint density at radius 1 is 1.20 bits per heavy atom. The van der Waals surface area contributed by atoms with Crippen molar-refractivity contribution in [2.75, 3.05) is 0 Å². The van der Waals surface area contributed by atoms with Crippen LogP contribution in [0.4, 0.5) is 4.39 Å². The Kier molecular flexibility index (Phi) is 3.54. The molecule has 1 atom stereocenters. The van der Waals surface area contributed by atoms with Crippen molar-refractivity contribution in [2.24, 2.45) is 0 Å². The lowest BCUT2D eigenvalue weighted by Gasteiger charge is -2.11. The highest BCUT2D eigenvalue weighted by atomic mass is 79.9. The van der Waals surface area contributed by atoms with E-state index in [0.29, 0.717) is 17.0 Å². The molecule has 0 aliphatic rings. The molecule has 3 aromatic rings. The fourth-order valence-electron chi connectivity index (χ4n) is 2.06. The summed E-state index contributed by atoms with van der Waals surface area (Å²) in [5.74, 6) is 0.0222. The average Bonchev–Trinajstić information content (AvgIpc) is 2.83. The summed E-state index contributed by atoms with van der Waals surface area (Å²) in [6, 6.07) is 11.9. The van der Waals surface area contributed by atoms with E-state index >= 15 is 0 Å². The SMILES string of the molecule is OC(Cc1nc2ccccc2o1)c1cccc(F)c1Br. The van der Waals surface area contributed by atoms with Gasteiger partial charge in [-0.3, -0.25) is 0 Å². The molecular weight excluding hydrogens is 325 g/mol. The molecule has 0 radical (unpaired) electrons. The van der Waals surface area contributed by atoms with E-state index in [-0.39, 0.29) is 10.9 Å². The Labute approximate surface area is 123 Å². The van der Waals surface area contributed by atoms with Gasteiger partial charge in [0.25, 0.3) is 0 Å². The Morgan fingerprint density at radius 2 is 2.00 bits per heavy atom. The maximum atomic E-state index is 13.4. The van der Waals surface area contributed by atoms with Gasteiger partial charge in [0.15, 0.2) is 11.5 Å². The summed E-state index contributed by atoms with van der Waals surface area (Å²) in [5, 5.41) is 10.2. The average molecular weight is 336 g/mol. The molecule has 1 heterocycles. The normalized spacial score (nSPS) is 12.8. The Balaban J connectivity index is 1.88. The lowest BCUT2D eigenvalue weighted by molar-refractivity contribution is 0.168. The van der Waals surface area contributed by atoms with Crippen molar-refractivity contribution in [3.8, 4) is 0 Å². The minimum absolute atomic E-state index is 0.191. The highest BCUT2D eigenvalue weighted by Gasteiger charge is 2.17. The van der Waals surface area contributed by atoms with E-state index in [1.165, 1.54) is 6.07 Å². The number of hydrogen-bond donors (Lipinski definition) is 1. The second-order valence-corrected chi connectivity index (χ2v) is 5.23. The fraction of sp³-hybridized carbons (Fsp3) is 0.133. The second-order valence-electron chi connectivity index (χ2n) is 4.44. The zero-order chi connectivity index (χ0) is 14.1. The van der Waals surface area contributed by atoms with Crippen LogP contribution in [0.1, 0.15) is 17.6 Å². The first-order valence-electron chi connectivity index (χ1n) is 6.11. The molecule has 0 bridgehead atoms. The summed E-state index contributed by atoms with van der Waals surface area (Å²) in [6.45, 7) is 0. The highest BCUT2D eigenvalue weighted by molar-refractivity contribution is 9.10. The van der Waals surface area contributed by atoms with Crippen molar-refractivity contribution in [3.05, 3.63) is 64.2 Å². The van der Waals surface area contributed by atoms with Crippen LogP contribution in [0.3, 0.4) is 0 Å². The topological polar surface area (TPSA) is 46.3 Å². The molecule has 0 saturated carbocycles. The van der Waals surface area contributed by atoms with Crippen molar-refractivity contribution >= 4 is 27.0 Å². The molecule has 5 heteroatoms. The standard InChI is InChI=1S/C15H11BrFNO2/c16-15-9(4-3-5-10(15)17)12(19)8-14-18-11-6-1-2-7-13(11)20-14/h1-7,12,19H,8H2. The van der Waals surface area contributed by atoms with E-state index in [2.05, 4.69) is 20.9 Å². The van der Waals surface area contributed by atoms with Crippen LogP contribution in [0.2, 0.25) is 0 Å². The number of halogens is 2. The molecule has 3 rings (SSSR count). The van der Waals surface area contributed by atoms with E-state index in [9.17, 15) is 9.50 Å². The number of aliphatic hydroxyl groups is 1. The number of para-hydroxylation sites is 2. The minimum Gasteiger partial charge on any atom is -0.441 e. The van der Waals surface area contributed by atoms with Crippen molar-refractivity contribution in [3.63, 3.8) is 0 Å². The molecular formula is C15H11BrFNO2. The molecule has 2 aromatic carbocycles. The van der Waals surface area contributed by atoms with Gasteiger partial charge in [-0.1, -0.05) is 24.3 Å². The lowest BCUT2D eigenvalue weighted by atomic mass is 10.1. The third-order valence-corrected chi connectivity index (χ3v) is 3.88. The molecule has 0 saturated heterocycles. The molecule has 0 aliphatic heterocycles. The summed E-state index contributed by atoms with van der Waals surface area (Å²) in [5.41, 5.74) is 1.90. The number of hydrogen-bond acceptors (Lipinski definition) is 3. The number of nitrogens with zero attached hydrogens (tertiary/aromatic N) is 1. The molecule has 1 N–H and O–H groups in total. The molecule has 1 unspecified atom stereocenters. The number of aromatic nitrogens is 1. The number of benzene rings is 2. The maximum Gasteiger partial charge on any atom is 0.198 e. The van der Waals surface area contributed by atoms with E-state index < -0.39 is 11.9 Å². The third kappa shape index (κ3) is 2.46. The highest BCUT2D eigenvalue weighted by Crippen LogP contribution is 2.28. The van der Waals surface area contributed by atoms with E-state index in [4.69, 9.17) is 4.42 Å². The van der Waals surface area contributed by atoms with Crippen molar-refractivity contribution in [2.45, 2.75) is 12.5 Å². The summed E-state index contributed by atoms with van der Waals surface area (Å²) in [7, 11) is 0. The first-order valence-corrected chi connectivity index (χ1v) is 6.91. The van der Waals surface area contributed by atoms with Gasteiger partial charge in [0.2, 0.25) is 0 Å². The van der Waals surface area contributed by atoms with Crippen LogP contribution >= 0.6 is 15.9 Å². The minimum atomic E-state index is -0.881. The van der Waals surface area contributed by atoms with Crippen LogP contribution in [0, 0.1) is 5.82 Å². The van der Waals surface area contributed by atoms with Crippen molar-refractivity contribution in [1.82, 2.24) is 4.98 Å². The second kappa shape index (κ2) is 5.34. The van der Waals surface area contributed by atoms with Crippen LogP contribution in [0.15, 0.2) is 51.4 Å². The molecule has 0 aliphatic carbocycles. The summed E-state index contributed by atoms with van der Waals surface area (Å²) >= 11 is 3.14. The fourth-order valence-corrected chi connectivity index (χ4v) is 2.59. The van der Waals surface area contributed by atoms with E-state index in [0.717, 1.165) is 5.52 Å². The number of oxazole rings is 1. The van der Waals surface area contributed by atoms with E-state index in [1.54, 1.807) is 12.1 Å². The Morgan fingerprint density at radius 3 is 2.80 bits per heavy atom. The van der Waals surface area contributed by atoms with Crippen LogP contribution < -0.4 is 0 Å². The predicted octanol–water partition coefficient (Wildman–Crippen LogP) is 4.01. The summed E-state index contributed by atoms with van der Waals surface area (Å²) in [4.78, 5) is 4.29. The van der Waals surface area contributed by atoms with Crippen LogP contribution in [-0.2, 0) is 6.42 Å². The van der Waals surface area contributed by atoms with Gasteiger partial charge in [-0.05, 0) is 39.7 Å². The molecule has 102 valence electrons. The zero-order valence-corrected chi connectivity index (χ0v) is 12.0. The molecule has 20 heavy (non-hydrogen) atoms. The molecule has 1 aromatic heterocycles. The van der Waals surface area contributed by atoms with Gasteiger partial charge in [0.05, 0.1) is 17.0 Å². The summed E-state index contributed by atoms with van der Waals surface area (Å²) < 4.78 is 19.3. The smallest absolute Gasteiger partial charge is 0.198 e. The van der Waals surface area contributed by atoms with Crippen LogP contribution in [0.5, 0.6) is 0 Å². The van der Waals surface area contributed by atoms with Gasteiger partial charge in [-0.25, -0.2) is 9.37 Å². The van der Waals surface area contributed by atoms with Crippen molar-refractivity contribution in [1.29, 1.82) is 0 Å². The van der Waals surface area contributed by atoms with Gasteiger partial charge >= 0.3 is 0 Å². The van der Waals surface area contributed by atoms with Gasteiger partial charge < -0.3 is 9.52 Å². The van der Waals surface area contributed by atoms with Gasteiger partial charge in [-0.15, -0.1) is 0 Å². The third-order valence-electron chi connectivity index (χ3n) is 3.05. The zero-order valence-electron chi connectivity index (χ0n) is 10.4. The van der Waals surface area contributed by atoms with Gasteiger partial charge in [0.1, 0.15) is 11.3 Å². The summed E-state index contributed by atoms with van der Waals surface area (Å²) in [6.07, 6.45) is -0.690. The maximum absolute atomic E-state index is 13.4. The molecule has 0 fully saturated rings.